The first-order chi connectivity index (χ1) is 10.0. The minimum absolute atomic E-state index is 0.0724. The second-order valence-electron chi connectivity index (χ2n) is 5.61. The molecule has 0 bridgehead atoms. The number of nitrogens with one attached hydrogen (secondary N) is 1. The van der Waals surface area contributed by atoms with E-state index in [4.69, 9.17) is 0 Å². The van der Waals surface area contributed by atoms with E-state index in [1.165, 1.54) is 31.4 Å². The second-order valence-corrected chi connectivity index (χ2v) is 5.61. The molecule has 0 radical (unpaired) electrons. The average Bonchev–Trinajstić information content (AvgIpc) is 2.52. The summed E-state index contributed by atoms with van der Waals surface area (Å²) in [7, 11) is 1.14. The van der Waals surface area contributed by atoms with Gasteiger partial charge in [0.2, 0.25) is 0 Å². The molecule has 1 fully saturated rings. The van der Waals surface area contributed by atoms with Crippen LogP contribution in [0.3, 0.4) is 0 Å². The number of anilines is 1. The molecular weight excluding hydrogens is 276 g/mol. The van der Waals surface area contributed by atoms with Gasteiger partial charge < -0.3 is 10.1 Å². The number of carbonyl (C=O) groups is 1. The molecule has 0 aromatic heterocycles. The molecule has 1 atom stereocenters. The van der Waals surface area contributed by atoms with Crippen LogP contribution in [0.25, 0.3) is 0 Å². The zero-order chi connectivity index (χ0) is 15.4. The lowest BCUT2D eigenvalue weighted by molar-refractivity contribution is 0.0594. The van der Waals surface area contributed by atoms with Gasteiger partial charge in [0.15, 0.2) is 11.6 Å². The van der Waals surface area contributed by atoms with Crippen molar-refractivity contribution in [3.63, 3.8) is 0 Å². The van der Waals surface area contributed by atoms with Crippen molar-refractivity contribution in [1.29, 1.82) is 0 Å². The fourth-order valence-corrected chi connectivity index (χ4v) is 2.93. The molecule has 2 rings (SSSR count). The molecule has 1 saturated carbocycles. The topological polar surface area (TPSA) is 38.3 Å². The maximum atomic E-state index is 14.0. The molecule has 1 aromatic carbocycles. The fourth-order valence-electron chi connectivity index (χ4n) is 2.93. The second kappa shape index (κ2) is 6.87. The number of ether oxygens (including phenoxy) is 1. The molecular formula is C16H21F2NO2. The molecule has 0 spiro atoms. The molecule has 1 N–H and O–H groups in total. The summed E-state index contributed by atoms with van der Waals surface area (Å²) >= 11 is 0. The number of hydrogen-bond acceptors (Lipinski definition) is 3. The van der Waals surface area contributed by atoms with Gasteiger partial charge >= 0.3 is 5.97 Å². The van der Waals surface area contributed by atoms with Crippen molar-refractivity contribution in [3.05, 3.63) is 29.3 Å². The summed E-state index contributed by atoms with van der Waals surface area (Å²) in [6, 6.07) is 2.72. The minimum Gasteiger partial charge on any atom is -0.465 e. The highest BCUT2D eigenvalue weighted by Gasteiger charge is 2.23. The Morgan fingerprint density at radius 2 is 1.90 bits per heavy atom. The Morgan fingerprint density at radius 1 is 1.24 bits per heavy atom. The van der Waals surface area contributed by atoms with Gasteiger partial charge in [-0.2, -0.15) is 0 Å². The van der Waals surface area contributed by atoms with Gasteiger partial charge in [0.05, 0.1) is 18.4 Å². The highest BCUT2D eigenvalue weighted by atomic mass is 19.2. The lowest BCUT2D eigenvalue weighted by Crippen LogP contribution is -2.28. The summed E-state index contributed by atoms with van der Waals surface area (Å²) in [4.78, 5) is 11.3. The van der Waals surface area contributed by atoms with E-state index >= 15 is 0 Å². The first-order valence-corrected chi connectivity index (χ1v) is 7.37. The molecule has 0 amide bonds. The maximum Gasteiger partial charge on any atom is 0.340 e. The number of hydrogen-bond donors (Lipinski definition) is 1. The lowest BCUT2D eigenvalue weighted by atomic mass is 9.84. The zero-order valence-electron chi connectivity index (χ0n) is 12.4. The van der Waals surface area contributed by atoms with E-state index in [9.17, 15) is 13.6 Å². The average molecular weight is 297 g/mol. The third-order valence-corrected chi connectivity index (χ3v) is 4.23. The maximum absolute atomic E-state index is 14.0. The molecule has 1 aromatic rings. The van der Waals surface area contributed by atoms with Gasteiger partial charge in [0, 0.05) is 6.04 Å². The van der Waals surface area contributed by atoms with Crippen molar-refractivity contribution < 1.29 is 18.3 Å². The van der Waals surface area contributed by atoms with E-state index in [-0.39, 0.29) is 17.3 Å². The molecule has 116 valence electrons. The van der Waals surface area contributed by atoms with Gasteiger partial charge in [-0.05, 0) is 37.8 Å². The monoisotopic (exact) mass is 297 g/mol. The molecule has 1 aliphatic rings. The van der Waals surface area contributed by atoms with Crippen LogP contribution in [0, 0.1) is 17.6 Å². The largest absolute Gasteiger partial charge is 0.465 e. The molecule has 0 saturated heterocycles. The van der Waals surface area contributed by atoms with Crippen LogP contribution in [-0.2, 0) is 4.74 Å². The molecule has 1 aliphatic carbocycles. The first kappa shape index (κ1) is 15.7. The van der Waals surface area contributed by atoms with E-state index in [0.717, 1.165) is 20.0 Å². The normalized spacial score (nSPS) is 17.3. The number of halogens is 2. The summed E-state index contributed by atoms with van der Waals surface area (Å²) in [6.45, 7) is 1.99. The van der Waals surface area contributed by atoms with Crippen LogP contribution in [0.4, 0.5) is 14.5 Å². The van der Waals surface area contributed by atoms with Gasteiger partial charge in [-0.25, -0.2) is 13.6 Å². The number of methoxy groups -OCH3 is 1. The standard InChI is InChI=1S/C16H21F2NO2/c1-10(11-6-4-3-5-7-11)19-13-9-8-12(16(20)21-2)14(17)15(13)18/h8-11,19H,3-7H2,1-2H3. The third kappa shape index (κ3) is 3.52. The van der Waals surface area contributed by atoms with Crippen LogP contribution in [0.1, 0.15) is 49.4 Å². The fraction of sp³-hybridized carbons (Fsp3) is 0.562. The van der Waals surface area contributed by atoms with Crippen molar-refractivity contribution in [2.75, 3.05) is 12.4 Å². The van der Waals surface area contributed by atoms with E-state index in [1.807, 2.05) is 6.92 Å². The van der Waals surface area contributed by atoms with Crippen LogP contribution < -0.4 is 5.32 Å². The number of benzene rings is 1. The van der Waals surface area contributed by atoms with E-state index < -0.39 is 17.6 Å². The molecule has 0 aliphatic heterocycles. The number of carbonyl (C=O) groups excluding carboxylic acids is 1. The first-order valence-electron chi connectivity index (χ1n) is 7.37. The summed E-state index contributed by atoms with van der Waals surface area (Å²) in [5, 5.41) is 3.04. The van der Waals surface area contributed by atoms with Crippen molar-refractivity contribution in [2.24, 2.45) is 5.92 Å². The summed E-state index contributed by atoms with van der Waals surface area (Å²) in [5.41, 5.74) is -0.288. The van der Waals surface area contributed by atoms with Crippen molar-refractivity contribution in [1.82, 2.24) is 0 Å². The number of rotatable bonds is 4. The summed E-state index contributed by atoms with van der Waals surface area (Å²) in [5.74, 6) is -2.59. The predicted octanol–water partition coefficient (Wildman–Crippen LogP) is 4.13. The van der Waals surface area contributed by atoms with Crippen LogP contribution in [-0.4, -0.2) is 19.1 Å². The van der Waals surface area contributed by atoms with Gasteiger partial charge in [-0.1, -0.05) is 19.3 Å². The quantitative estimate of drug-likeness (QED) is 0.849. The summed E-state index contributed by atoms with van der Waals surface area (Å²) in [6.07, 6.45) is 5.85. The van der Waals surface area contributed by atoms with Crippen LogP contribution in [0.2, 0.25) is 0 Å². The Bertz CT molecular complexity index is 513. The van der Waals surface area contributed by atoms with Crippen molar-refractivity contribution in [2.45, 2.75) is 45.1 Å². The SMILES string of the molecule is COC(=O)c1ccc(NC(C)C2CCCCC2)c(F)c1F. The van der Waals surface area contributed by atoms with E-state index in [0.29, 0.717) is 5.92 Å². The molecule has 5 heteroatoms. The Hall–Kier alpha value is -1.65. The number of esters is 1. The third-order valence-electron chi connectivity index (χ3n) is 4.23. The van der Waals surface area contributed by atoms with Gasteiger partial charge in [0.1, 0.15) is 0 Å². The van der Waals surface area contributed by atoms with Crippen molar-refractivity contribution in [3.8, 4) is 0 Å². The molecule has 0 heterocycles. The summed E-state index contributed by atoms with van der Waals surface area (Å²) < 4.78 is 32.3. The Kier molecular flexibility index (Phi) is 5.15. The molecule has 21 heavy (non-hydrogen) atoms. The minimum atomic E-state index is -1.16. The Morgan fingerprint density at radius 3 is 2.52 bits per heavy atom. The van der Waals surface area contributed by atoms with Gasteiger partial charge in [0.25, 0.3) is 0 Å². The van der Waals surface area contributed by atoms with Gasteiger partial charge in [-0.15, -0.1) is 0 Å². The zero-order valence-corrected chi connectivity index (χ0v) is 12.4. The van der Waals surface area contributed by atoms with Crippen LogP contribution in [0.5, 0.6) is 0 Å². The van der Waals surface area contributed by atoms with E-state index in [2.05, 4.69) is 10.1 Å². The van der Waals surface area contributed by atoms with Crippen LogP contribution in [0.15, 0.2) is 12.1 Å². The van der Waals surface area contributed by atoms with Gasteiger partial charge in [-0.3, -0.25) is 0 Å². The highest BCUT2D eigenvalue weighted by Crippen LogP contribution is 2.29. The van der Waals surface area contributed by atoms with Crippen LogP contribution >= 0.6 is 0 Å². The highest BCUT2D eigenvalue weighted by molar-refractivity contribution is 5.90. The Labute approximate surface area is 123 Å². The predicted molar refractivity (Wildman–Crippen MR) is 77.4 cm³/mol. The molecule has 1 unspecified atom stereocenters. The Balaban J connectivity index is 2.13. The van der Waals surface area contributed by atoms with E-state index in [1.54, 1.807) is 0 Å². The lowest BCUT2D eigenvalue weighted by Gasteiger charge is -2.29. The van der Waals surface area contributed by atoms with Crippen molar-refractivity contribution >= 4 is 11.7 Å². The smallest absolute Gasteiger partial charge is 0.340 e. The molecule has 3 nitrogen and oxygen atoms in total.